The summed E-state index contributed by atoms with van der Waals surface area (Å²) >= 11 is 0. The summed E-state index contributed by atoms with van der Waals surface area (Å²) in [7, 11) is -4.59. The molecule has 2 aliphatic rings. The van der Waals surface area contributed by atoms with E-state index in [0.717, 1.165) is 24.3 Å². The number of halogens is 8. The van der Waals surface area contributed by atoms with Crippen molar-refractivity contribution in [1.82, 2.24) is 5.32 Å². The summed E-state index contributed by atoms with van der Waals surface area (Å²) in [5, 5.41) is 11.1. The van der Waals surface area contributed by atoms with Crippen molar-refractivity contribution in [3.05, 3.63) is 65.0 Å². The van der Waals surface area contributed by atoms with Gasteiger partial charge in [0.2, 0.25) is 5.91 Å². The van der Waals surface area contributed by atoms with Gasteiger partial charge in [-0.05, 0) is 67.0 Å². The standard InChI is InChI=1S/C25H21F8NO5S/c26-15-3-5-16(6-4-15)40(38,39)22-10-9-17(21(37)34-12-20(35)36)19(22)7-1-13-11-14(2-8-18(13)22)23(27,24(28,29)30)25(31,32)33/h2-6,8,11,17,19H,1,7,9-10,12H2,(H,34,37)(H,35,36)/t17-,19+,22-/m1/s1. The number of aryl methyl sites for hydroxylation is 1. The van der Waals surface area contributed by atoms with Crippen LogP contribution in [-0.2, 0) is 36.3 Å². The Morgan fingerprint density at radius 2 is 1.55 bits per heavy atom. The molecule has 0 bridgehead atoms. The fourth-order valence-corrected chi connectivity index (χ4v) is 8.46. The summed E-state index contributed by atoms with van der Waals surface area (Å²) in [4.78, 5) is 23.4. The molecule has 3 atom stereocenters. The lowest BCUT2D eigenvalue weighted by Crippen LogP contribution is -2.51. The number of rotatable bonds is 6. The quantitative estimate of drug-likeness (QED) is 0.362. The zero-order valence-corrected chi connectivity index (χ0v) is 21.1. The molecule has 0 aliphatic heterocycles. The molecule has 2 aromatic carbocycles. The number of carboxylic acids is 1. The number of sulfone groups is 1. The number of fused-ring (bicyclic) bond motifs is 3. The third kappa shape index (κ3) is 4.41. The van der Waals surface area contributed by atoms with Gasteiger partial charge >= 0.3 is 24.0 Å². The first-order valence-corrected chi connectivity index (χ1v) is 13.3. The number of carbonyl (C=O) groups excluding carboxylic acids is 1. The topological polar surface area (TPSA) is 101 Å². The highest BCUT2D eigenvalue weighted by Crippen LogP contribution is 2.60. The highest BCUT2D eigenvalue weighted by Gasteiger charge is 2.73. The molecular formula is C25H21F8NO5S. The van der Waals surface area contributed by atoms with Crippen LogP contribution in [0.1, 0.15) is 36.0 Å². The van der Waals surface area contributed by atoms with Crippen LogP contribution < -0.4 is 5.32 Å². The van der Waals surface area contributed by atoms with E-state index in [4.69, 9.17) is 5.11 Å². The van der Waals surface area contributed by atoms with Gasteiger partial charge in [-0.25, -0.2) is 17.2 Å². The molecule has 1 amide bonds. The molecule has 2 N–H and O–H groups in total. The van der Waals surface area contributed by atoms with E-state index in [1.165, 1.54) is 0 Å². The van der Waals surface area contributed by atoms with Crippen molar-refractivity contribution < 1.29 is 58.2 Å². The normalized spacial score (nSPS) is 23.3. The molecule has 218 valence electrons. The summed E-state index contributed by atoms with van der Waals surface area (Å²) in [6.07, 6.45) is -13.7. The lowest BCUT2D eigenvalue weighted by Gasteiger charge is -2.42. The minimum Gasteiger partial charge on any atom is -0.480 e. The van der Waals surface area contributed by atoms with Gasteiger partial charge in [0, 0.05) is 11.5 Å². The van der Waals surface area contributed by atoms with Crippen molar-refractivity contribution in [2.24, 2.45) is 11.8 Å². The van der Waals surface area contributed by atoms with Gasteiger partial charge in [-0.1, -0.05) is 18.2 Å². The predicted octanol–water partition coefficient (Wildman–Crippen LogP) is 4.96. The first-order chi connectivity index (χ1) is 18.4. The fraction of sp³-hybridized carbons (Fsp3) is 0.440. The summed E-state index contributed by atoms with van der Waals surface area (Å²) in [5.41, 5.74) is -7.98. The first kappa shape index (κ1) is 29.7. The first-order valence-electron chi connectivity index (χ1n) is 11.8. The number of nitrogens with one attached hydrogen (secondary N) is 1. The maximum atomic E-state index is 14.8. The second kappa shape index (κ2) is 9.70. The van der Waals surface area contributed by atoms with Gasteiger partial charge in [0.15, 0.2) is 9.84 Å². The lowest BCUT2D eigenvalue weighted by molar-refractivity contribution is -0.348. The number of aliphatic carboxylic acids is 1. The summed E-state index contributed by atoms with van der Waals surface area (Å²) in [5.74, 6) is -5.09. The van der Waals surface area contributed by atoms with E-state index in [1.807, 2.05) is 0 Å². The smallest absolute Gasteiger partial charge is 0.435 e. The molecule has 1 fully saturated rings. The van der Waals surface area contributed by atoms with E-state index in [2.05, 4.69) is 5.32 Å². The van der Waals surface area contributed by atoms with Gasteiger partial charge < -0.3 is 10.4 Å². The molecule has 0 heterocycles. The number of amides is 1. The van der Waals surface area contributed by atoms with Crippen LogP contribution in [0.15, 0.2) is 47.4 Å². The van der Waals surface area contributed by atoms with Crippen LogP contribution in [0.25, 0.3) is 0 Å². The van der Waals surface area contributed by atoms with E-state index >= 15 is 0 Å². The molecule has 0 aromatic heterocycles. The van der Waals surface area contributed by atoms with Crippen molar-refractivity contribution in [1.29, 1.82) is 0 Å². The van der Waals surface area contributed by atoms with E-state index < -0.39 is 79.1 Å². The molecule has 15 heteroatoms. The fourth-order valence-electron chi connectivity index (χ4n) is 5.99. The van der Waals surface area contributed by atoms with Gasteiger partial charge in [0.25, 0.3) is 0 Å². The molecule has 0 radical (unpaired) electrons. The summed E-state index contributed by atoms with van der Waals surface area (Å²) in [6, 6.07) is 4.88. The SMILES string of the molecule is O=C(O)CNC(=O)[C@@H]1CC[C@@]2(S(=O)(=O)c3ccc(F)cc3)c3ccc(C(F)(C(F)(F)F)C(F)(F)F)cc3CC[C@@H]12. The molecule has 1 saturated carbocycles. The van der Waals surface area contributed by atoms with Crippen LogP contribution >= 0.6 is 0 Å². The van der Waals surface area contributed by atoms with Crippen molar-refractivity contribution >= 4 is 21.7 Å². The molecule has 2 aliphatic carbocycles. The molecule has 2 aromatic rings. The minimum atomic E-state index is -6.38. The largest absolute Gasteiger partial charge is 0.480 e. The molecule has 6 nitrogen and oxygen atoms in total. The molecular weight excluding hydrogens is 578 g/mol. The van der Waals surface area contributed by atoms with Crippen molar-refractivity contribution in [2.45, 2.75) is 53.3 Å². The molecule has 40 heavy (non-hydrogen) atoms. The average molecular weight is 599 g/mol. The maximum absolute atomic E-state index is 14.8. The van der Waals surface area contributed by atoms with Crippen LogP contribution in [0, 0.1) is 17.7 Å². The summed E-state index contributed by atoms with van der Waals surface area (Å²) < 4.78 is 135. The van der Waals surface area contributed by atoms with E-state index in [0.29, 0.717) is 12.1 Å². The van der Waals surface area contributed by atoms with Crippen LogP contribution in [0.3, 0.4) is 0 Å². The Balaban J connectivity index is 1.92. The molecule has 4 rings (SSSR count). The van der Waals surface area contributed by atoms with Gasteiger partial charge in [-0.3, -0.25) is 9.59 Å². The van der Waals surface area contributed by atoms with Crippen LogP contribution in [0.4, 0.5) is 35.1 Å². The van der Waals surface area contributed by atoms with E-state index in [9.17, 15) is 53.1 Å². The summed E-state index contributed by atoms with van der Waals surface area (Å²) in [6.45, 7) is -0.771. The number of alkyl halides is 7. The van der Waals surface area contributed by atoms with Crippen LogP contribution in [0.5, 0.6) is 0 Å². The number of hydrogen-bond donors (Lipinski definition) is 2. The van der Waals surface area contributed by atoms with Gasteiger partial charge in [0.1, 0.15) is 17.1 Å². The van der Waals surface area contributed by atoms with Crippen LogP contribution in [0.2, 0.25) is 0 Å². The number of carbonyl (C=O) groups is 2. The van der Waals surface area contributed by atoms with Crippen molar-refractivity contribution in [3.8, 4) is 0 Å². The van der Waals surface area contributed by atoms with Crippen LogP contribution in [-0.4, -0.2) is 44.3 Å². The van der Waals surface area contributed by atoms with Gasteiger partial charge in [-0.2, -0.15) is 26.3 Å². The number of carboxylic acid groups (broad SMARTS) is 1. The van der Waals surface area contributed by atoms with Gasteiger partial charge in [0.05, 0.1) is 4.90 Å². The Morgan fingerprint density at radius 1 is 0.950 bits per heavy atom. The second-order valence-electron chi connectivity index (χ2n) is 9.77. The monoisotopic (exact) mass is 599 g/mol. The Labute approximate surface area is 222 Å². The predicted molar refractivity (Wildman–Crippen MR) is 122 cm³/mol. The zero-order valence-electron chi connectivity index (χ0n) is 20.2. The number of benzene rings is 2. The molecule has 0 spiro atoms. The highest BCUT2D eigenvalue weighted by molar-refractivity contribution is 7.92. The Hall–Kier alpha value is -3.23. The average Bonchev–Trinajstić information content (AvgIpc) is 3.27. The second-order valence-corrected chi connectivity index (χ2v) is 12.0. The molecule has 0 unspecified atom stereocenters. The van der Waals surface area contributed by atoms with E-state index in [-0.39, 0.29) is 42.9 Å². The minimum absolute atomic E-state index is 0.115. The zero-order chi connectivity index (χ0) is 29.9. The maximum Gasteiger partial charge on any atom is 0.435 e. The Bertz CT molecular complexity index is 1420. The highest BCUT2D eigenvalue weighted by atomic mass is 32.2. The van der Waals surface area contributed by atoms with Gasteiger partial charge in [-0.15, -0.1) is 0 Å². The van der Waals surface area contributed by atoms with Crippen molar-refractivity contribution in [2.75, 3.05) is 6.54 Å². The Morgan fingerprint density at radius 3 is 2.10 bits per heavy atom. The Kier molecular flexibility index (Phi) is 7.21. The molecule has 0 saturated heterocycles. The van der Waals surface area contributed by atoms with Crippen molar-refractivity contribution in [3.63, 3.8) is 0 Å². The van der Waals surface area contributed by atoms with E-state index in [1.54, 1.807) is 0 Å². The third-order valence-corrected chi connectivity index (χ3v) is 10.3. The lowest BCUT2D eigenvalue weighted by atomic mass is 9.72. The third-order valence-electron chi connectivity index (χ3n) is 7.73. The number of hydrogen-bond acceptors (Lipinski definition) is 4.